The first kappa shape index (κ1) is 12.2. The second kappa shape index (κ2) is 5.39. The highest BCUT2D eigenvalue weighted by atomic mass is 19.2. The fraction of sp³-hybridized carbons (Fsp3) is 0.429. The fourth-order valence-corrected chi connectivity index (χ4v) is 2.51. The Balaban J connectivity index is 2.02. The van der Waals surface area contributed by atoms with Crippen LogP contribution in [-0.4, -0.2) is 0 Å². The Bertz CT molecular complexity index is 404. The minimum Gasteiger partial charge on any atom is -0.216 e. The SMILES string of the molecule is F/C=C/C1CCC(c2ccc(F)c(F)c2)CC1. The summed E-state index contributed by atoms with van der Waals surface area (Å²) in [6.45, 7) is 0. The van der Waals surface area contributed by atoms with Crippen molar-refractivity contribution in [2.24, 2.45) is 5.92 Å². The molecule has 17 heavy (non-hydrogen) atoms. The van der Waals surface area contributed by atoms with Crippen molar-refractivity contribution in [3.8, 4) is 0 Å². The third kappa shape index (κ3) is 2.90. The van der Waals surface area contributed by atoms with Crippen molar-refractivity contribution in [1.29, 1.82) is 0 Å². The van der Waals surface area contributed by atoms with Crippen LogP contribution < -0.4 is 0 Å². The number of benzene rings is 1. The molecule has 2 rings (SSSR count). The van der Waals surface area contributed by atoms with Crippen LogP contribution in [0.4, 0.5) is 13.2 Å². The molecule has 0 aliphatic heterocycles. The zero-order chi connectivity index (χ0) is 12.3. The normalized spacial score (nSPS) is 25.4. The van der Waals surface area contributed by atoms with E-state index in [9.17, 15) is 13.2 Å². The molecule has 1 aliphatic carbocycles. The lowest BCUT2D eigenvalue weighted by molar-refractivity contribution is 0.372. The topological polar surface area (TPSA) is 0 Å². The van der Waals surface area contributed by atoms with Crippen LogP contribution in [-0.2, 0) is 0 Å². The Morgan fingerprint density at radius 1 is 1.00 bits per heavy atom. The lowest BCUT2D eigenvalue weighted by Crippen LogP contribution is -2.12. The van der Waals surface area contributed by atoms with Crippen molar-refractivity contribution in [1.82, 2.24) is 0 Å². The van der Waals surface area contributed by atoms with E-state index < -0.39 is 11.6 Å². The molecule has 1 aromatic carbocycles. The summed E-state index contributed by atoms with van der Waals surface area (Å²) in [7, 11) is 0. The van der Waals surface area contributed by atoms with Crippen LogP contribution in [0.2, 0.25) is 0 Å². The maximum absolute atomic E-state index is 13.1. The quantitative estimate of drug-likeness (QED) is 0.701. The van der Waals surface area contributed by atoms with Gasteiger partial charge in [0.2, 0.25) is 0 Å². The van der Waals surface area contributed by atoms with Gasteiger partial charge in [0.1, 0.15) is 0 Å². The van der Waals surface area contributed by atoms with E-state index >= 15 is 0 Å². The molecule has 0 spiro atoms. The van der Waals surface area contributed by atoms with Crippen LogP contribution in [0.1, 0.15) is 37.2 Å². The second-order valence-corrected chi connectivity index (χ2v) is 4.60. The van der Waals surface area contributed by atoms with Crippen molar-refractivity contribution in [3.63, 3.8) is 0 Å². The van der Waals surface area contributed by atoms with Gasteiger partial charge in [0, 0.05) is 0 Å². The van der Waals surface area contributed by atoms with Crippen molar-refractivity contribution in [2.75, 3.05) is 0 Å². The molecule has 1 fully saturated rings. The van der Waals surface area contributed by atoms with Gasteiger partial charge in [-0.15, -0.1) is 0 Å². The molecular weight excluding hydrogens is 225 g/mol. The van der Waals surface area contributed by atoms with E-state index in [4.69, 9.17) is 0 Å². The Labute approximate surface area is 99.2 Å². The zero-order valence-electron chi connectivity index (χ0n) is 9.50. The van der Waals surface area contributed by atoms with Crippen LogP contribution in [0.3, 0.4) is 0 Å². The Morgan fingerprint density at radius 3 is 2.29 bits per heavy atom. The average Bonchev–Trinajstić information content (AvgIpc) is 2.34. The molecule has 0 bridgehead atoms. The van der Waals surface area contributed by atoms with Gasteiger partial charge in [-0.2, -0.15) is 0 Å². The molecule has 0 unspecified atom stereocenters. The van der Waals surface area contributed by atoms with E-state index in [0.29, 0.717) is 12.2 Å². The molecule has 92 valence electrons. The summed E-state index contributed by atoms with van der Waals surface area (Å²) in [5.74, 6) is -1.02. The number of halogens is 3. The lowest BCUT2D eigenvalue weighted by atomic mass is 9.79. The van der Waals surface area contributed by atoms with Crippen LogP contribution in [0, 0.1) is 17.6 Å². The summed E-state index contributed by atoms with van der Waals surface area (Å²) in [5.41, 5.74) is 0.853. The number of allylic oxidation sites excluding steroid dienone is 1. The van der Waals surface area contributed by atoms with E-state index in [1.807, 2.05) is 0 Å². The molecular formula is C14H15F3. The molecule has 0 aromatic heterocycles. The van der Waals surface area contributed by atoms with Crippen molar-refractivity contribution >= 4 is 0 Å². The molecule has 0 saturated heterocycles. The van der Waals surface area contributed by atoms with Crippen LogP contribution >= 0.6 is 0 Å². The van der Waals surface area contributed by atoms with Gasteiger partial charge < -0.3 is 0 Å². The van der Waals surface area contributed by atoms with Gasteiger partial charge in [0.25, 0.3) is 0 Å². The summed E-state index contributed by atoms with van der Waals surface area (Å²) in [6, 6.07) is 4.11. The number of hydrogen-bond acceptors (Lipinski definition) is 0. The summed E-state index contributed by atoms with van der Waals surface area (Å²) < 4.78 is 37.9. The largest absolute Gasteiger partial charge is 0.216 e. The standard InChI is InChI=1S/C14H15F3/c15-8-7-10-1-3-11(4-2-10)12-5-6-13(16)14(17)9-12/h5-11H,1-4H2/b8-7+. The van der Waals surface area contributed by atoms with Gasteiger partial charge in [-0.1, -0.05) is 12.1 Å². The molecule has 1 aliphatic rings. The van der Waals surface area contributed by atoms with Gasteiger partial charge >= 0.3 is 0 Å². The van der Waals surface area contributed by atoms with E-state index in [1.165, 1.54) is 12.1 Å². The molecule has 1 saturated carbocycles. The highest BCUT2D eigenvalue weighted by Crippen LogP contribution is 2.36. The Morgan fingerprint density at radius 2 is 1.71 bits per heavy atom. The fourth-order valence-electron chi connectivity index (χ4n) is 2.51. The number of hydrogen-bond donors (Lipinski definition) is 0. The van der Waals surface area contributed by atoms with Gasteiger partial charge in [-0.05, 0) is 55.2 Å². The Kier molecular flexibility index (Phi) is 3.87. The maximum atomic E-state index is 13.1. The minimum absolute atomic E-state index is 0.273. The Hall–Kier alpha value is -1.25. The molecule has 0 atom stereocenters. The summed E-state index contributed by atoms with van der Waals surface area (Å²) >= 11 is 0. The van der Waals surface area contributed by atoms with Crippen LogP contribution in [0.15, 0.2) is 30.6 Å². The zero-order valence-corrected chi connectivity index (χ0v) is 9.50. The summed E-state index contributed by atoms with van der Waals surface area (Å²) in [6.07, 6.45) is 5.80. The molecule has 0 N–H and O–H groups in total. The highest BCUT2D eigenvalue weighted by molar-refractivity contribution is 5.22. The van der Waals surface area contributed by atoms with Gasteiger partial charge in [0.05, 0.1) is 6.33 Å². The first-order valence-electron chi connectivity index (χ1n) is 5.92. The minimum atomic E-state index is -0.803. The molecule has 0 amide bonds. The van der Waals surface area contributed by atoms with E-state index in [2.05, 4.69) is 0 Å². The second-order valence-electron chi connectivity index (χ2n) is 4.60. The van der Waals surface area contributed by atoms with Crippen molar-refractivity contribution in [3.05, 3.63) is 47.8 Å². The molecule has 0 radical (unpaired) electrons. The molecule has 1 aromatic rings. The van der Waals surface area contributed by atoms with Gasteiger partial charge in [-0.3, -0.25) is 0 Å². The third-order valence-corrected chi connectivity index (χ3v) is 3.53. The van der Waals surface area contributed by atoms with Gasteiger partial charge in [0.15, 0.2) is 11.6 Å². The predicted molar refractivity (Wildman–Crippen MR) is 61.3 cm³/mol. The lowest BCUT2D eigenvalue weighted by Gasteiger charge is -2.26. The highest BCUT2D eigenvalue weighted by Gasteiger charge is 2.21. The van der Waals surface area contributed by atoms with Crippen LogP contribution in [0.25, 0.3) is 0 Å². The first-order chi connectivity index (χ1) is 8.20. The van der Waals surface area contributed by atoms with E-state index in [-0.39, 0.29) is 5.92 Å². The third-order valence-electron chi connectivity index (χ3n) is 3.53. The molecule has 0 heterocycles. The molecule has 0 nitrogen and oxygen atoms in total. The summed E-state index contributed by atoms with van der Waals surface area (Å²) in [4.78, 5) is 0. The van der Waals surface area contributed by atoms with Crippen molar-refractivity contribution < 1.29 is 13.2 Å². The monoisotopic (exact) mass is 240 g/mol. The first-order valence-corrected chi connectivity index (χ1v) is 5.92. The average molecular weight is 240 g/mol. The maximum Gasteiger partial charge on any atom is 0.159 e. The number of rotatable bonds is 2. The van der Waals surface area contributed by atoms with Crippen molar-refractivity contribution in [2.45, 2.75) is 31.6 Å². The predicted octanol–water partition coefficient (Wildman–Crippen LogP) is 4.72. The molecule has 3 heteroatoms. The smallest absolute Gasteiger partial charge is 0.159 e. The van der Waals surface area contributed by atoms with Crippen LogP contribution in [0.5, 0.6) is 0 Å². The van der Waals surface area contributed by atoms with Gasteiger partial charge in [-0.25, -0.2) is 13.2 Å². The van der Waals surface area contributed by atoms with E-state index in [1.54, 1.807) is 12.1 Å². The summed E-state index contributed by atoms with van der Waals surface area (Å²) in [5, 5.41) is 0. The van der Waals surface area contributed by atoms with E-state index in [0.717, 1.165) is 31.2 Å².